The number of amides is 1. The molecule has 1 N–H and O–H groups in total. The second-order valence-corrected chi connectivity index (χ2v) is 12.0. The number of hydrogen-bond acceptors (Lipinski definition) is 3. The van der Waals surface area contributed by atoms with E-state index in [1.54, 1.807) is 18.2 Å². The first-order valence-corrected chi connectivity index (χ1v) is 13.9. The molecule has 0 spiro atoms. The molecule has 2 aliphatic rings. The number of nitrogens with one attached hydrogen (secondary N) is 1. The van der Waals surface area contributed by atoms with Crippen molar-refractivity contribution in [2.75, 3.05) is 13.1 Å². The van der Waals surface area contributed by atoms with Gasteiger partial charge in [-0.15, -0.1) is 0 Å². The molecule has 2 atom stereocenters. The zero-order chi connectivity index (χ0) is 23.6. The molecule has 1 saturated heterocycles. The summed E-state index contributed by atoms with van der Waals surface area (Å²) in [6.45, 7) is 2.59. The van der Waals surface area contributed by atoms with E-state index in [0.29, 0.717) is 35.0 Å². The van der Waals surface area contributed by atoms with Crippen molar-refractivity contribution in [1.82, 2.24) is 9.62 Å². The maximum absolute atomic E-state index is 13.0. The second kappa shape index (κ2) is 10.3. The maximum atomic E-state index is 13.0. The van der Waals surface area contributed by atoms with Gasteiger partial charge in [0.05, 0.1) is 17.7 Å². The van der Waals surface area contributed by atoms with Gasteiger partial charge >= 0.3 is 0 Å². The minimum absolute atomic E-state index is 0.0929. The van der Waals surface area contributed by atoms with E-state index in [-0.39, 0.29) is 30.2 Å². The first-order valence-electron chi connectivity index (χ1n) is 11.6. The molecule has 1 fully saturated rings. The molecule has 1 aliphatic heterocycles. The number of piperidine rings is 1. The Morgan fingerprint density at radius 3 is 2.61 bits per heavy atom. The van der Waals surface area contributed by atoms with Gasteiger partial charge in [-0.1, -0.05) is 47.5 Å². The van der Waals surface area contributed by atoms with E-state index < -0.39 is 10.0 Å². The average molecular weight is 509 g/mol. The fourth-order valence-electron chi connectivity index (χ4n) is 4.77. The summed E-state index contributed by atoms with van der Waals surface area (Å²) in [6.07, 6.45) is 6.00. The van der Waals surface area contributed by atoms with Crippen LogP contribution < -0.4 is 5.32 Å². The van der Waals surface area contributed by atoms with E-state index in [2.05, 4.69) is 23.5 Å². The molecule has 0 bridgehead atoms. The number of carbonyl (C=O) groups excluding carboxylic acids is 1. The minimum atomic E-state index is -3.60. The van der Waals surface area contributed by atoms with E-state index in [9.17, 15) is 13.2 Å². The lowest BCUT2D eigenvalue weighted by atomic mass is 9.89. The Balaban J connectivity index is 1.39. The monoisotopic (exact) mass is 508 g/mol. The Hall–Kier alpha value is -1.60. The van der Waals surface area contributed by atoms with Gasteiger partial charge in [-0.3, -0.25) is 4.79 Å². The van der Waals surface area contributed by atoms with Crippen LogP contribution in [0.4, 0.5) is 0 Å². The molecular weight excluding hydrogens is 479 g/mol. The average Bonchev–Trinajstić information content (AvgIpc) is 2.80. The van der Waals surface area contributed by atoms with Crippen molar-refractivity contribution in [3.05, 3.63) is 68.7 Å². The molecule has 0 unspecified atom stereocenters. The first-order chi connectivity index (χ1) is 15.7. The SMILES string of the molecule is C[C@H](NC(=O)[C@@H]1CCCN(S(=O)(=O)Cc2ccc(Cl)cc2Cl)C1)c1ccc2c(c1)CCCC2. The van der Waals surface area contributed by atoms with Gasteiger partial charge in [0.1, 0.15) is 0 Å². The molecule has 5 nitrogen and oxygen atoms in total. The molecule has 0 aromatic heterocycles. The van der Waals surface area contributed by atoms with Crippen LogP contribution in [-0.4, -0.2) is 31.7 Å². The van der Waals surface area contributed by atoms with Crippen LogP contribution in [0.25, 0.3) is 0 Å². The Bertz CT molecular complexity index is 1140. The molecule has 0 saturated carbocycles. The van der Waals surface area contributed by atoms with Gasteiger partial charge in [-0.2, -0.15) is 0 Å². The molecule has 2 aromatic carbocycles. The molecule has 1 amide bonds. The number of hydrogen-bond donors (Lipinski definition) is 1. The number of carbonyl (C=O) groups is 1. The number of aryl methyl sites for hydroxylation is 2. The predicted molar refractivity (Wildman–Crippen MR) is 133 cm³/mol. The van der Waals surface area contributed by atoms with Crippen molar-refractivity contribution in [1.29, 1.82) is 0 Å². The van der Waals surface area contributed by atoms with Gasteiger partial charge in [-0.05, 0) is 79.8 Å². The number of sulfonamides is 1. The van der Waals surface area contributed by atoms with E-state index in [1.807, 2.05) is 6.92 Å². The fraction of sp³-hybridized carbons (Fsp3) is 0.480. The summed E-state index contributed by atoms with van der Waals surface area (Å²) in [5.74, 6) is -0.665. The smallest absolute Gasteiger partial charge is 0.224 e. The molecule has 1 heterocycles. The Labute approximate surface area is 206 Å². The lowest BCUT2D eigenvalue weighted by Crippen LogP contribution is -2.46. The number of rotatable bonds is 6. The largest absolute Gasteiger partial charge is 0.349 e. The van der Waals surface area contributed by atoms with Crippen molar-refractivity contribution in [2.45, 2.75) is 57.2 Å². The minimum Gasteiger partial charge on any atom is -0.349 e. The van der Waals surface area contributed by atoms with Gasteiger partial charge < -0.3 is 5.32 Å². The van der Waals surface area contributed by atoms with Crippen molar-refractivity contribution < 1.29 is 13.2 Å². The third-order valence-electron chi connectivity index (χ3n) is 6.73. The van der Waals surface area contributed by atoms with E-state index in [1.165, 1.54) is 28.3 Å². The van der Waals surface area contributed by atoms with E-state index in [0.717, 1.165) is 18.4 Å². The van der Waals surface area contributed by atoms with Crippen LogP contribution in [0.2, 0.25) is 10.0 Å². The van der Waals surface area contributed by atoms with E-state index >= 15 is 0 Å². The van der Waals surface area contributed by atoms with Crippen LogP contribution >= 0.6 is 23.2 Å². The number of halogens is 2. The zero-order valence-corrected chi connectivity index (χ0v) is 21.1. The van der Waals surface area contributed by atoms with Crippen molar-refractivity contribution >= 4 is 39.1 Å². The van der Waals surface area contributed by atoms with E-state index in [4.69, 9.17) is 23.2 Å². The highest BCUT2D eigenvalue weighted by Gasteiger charge is 2.33. The fourth-order valence-corrected chi connectivity index (χ4v) is 6.97. The summed E-state index contributed by atoms with van der Waals surface area (Å²) in [4.78, 5) is 13.0. The number of nitrogens with zero attached hydrogens (tertiary/aromatic N) is 1. The summed E-state index contributed by atoms with van der Waals surface area (Å²) in [5.41, 5.74) is 4.41. The summed E-state index contributed by atoms with van der Waals surface area (Å²) in [6, 6.07) is 11.2. The van der Waals surface area contributed by atoms with Crippen LogP contribution in [0.1, 0.15) is 60.9 Å². The summed E-state index contributed by atoms with van der Waals surface area (Å²) in [7, 11) is -3.60. The Kier molecular flexibility index (Phi) is 7.69. The number of fused-ring (bicyclic) bond motifs is 1. The maximum Gasteiger partial charge on any atom is 0.224 e. The standard InChI is InChI=1S/C25H30Cl2N2O3S/c1-17(19-9-8-18-5-2-3-6-20(18)13-19)28-25(30)21-7-4-12-29(15-21)33(31,32)16-22-10-11-23(26)14-24(22)27/h8-11,13-14,17,21H,2-7,12,15-16H2,1H3,(H,28,30)/t17-,21+/m0/s1. The topological polar surface area (TPSA) is 66.5 Å². The normalized spacial score (nSPS) is 20.2. The van der Waals surface area contributed by atoms with Gasteiger partial charge in [-0.25, -0.2) is 12.7 Å². The molecule has 8 heteroatoms. The lowest BCUT2D eigenvalue weighted by Gasteiger charge is -2.32. The second-order valence-electron chi connectivity index (χ2n) is 9.15. The highest BCUT2D eigenvalue weighted by Crippen LogP contribution is 2.28. The molecule has 4 rings (SSSR count). The van der Waals surface area contributed by atoms with Crippen LogP contribution in [0.3, 0.4) is 0 Å². The third kappa shape index (κ3) is 5.91. The summed E-state index contributed by atoms with van der Waals surface area (Å²) < 4.78 is 27.5. The summed E-state index contributed by atoms with van der Waals surface area (Å²) in [5, 5.41) is 3.91. The number of benzene rings is 2. The Morgan fingerprint density at radius 1 is 1.09 bits per heavy atom. The zero-order valence-electron chi connectivity index (χ0n) is 18.8. The summed E-state index contributed by atoms with van der Waals surface area (Å²) >= 11 is 12.1. The van der Waals surface area contributed by atoms with Gasteiger partial charge in [0.2, 0.25) is 15.9 Å². The van der Waals surface area contributed by atoms with Gasteiger partial charge in [0, 0.05) is 23.1 Å². The van der Waals surface area contributed by atoms with Crippen LogP contribution in [0, 0.1) is 5.92 Å². The predicted octanol–water partition coefficient (Wildman–Crippen LogP) is 5.29. The third-order valence-corrected chi connectivity index (χ3v) is 9.11. The van der Waals surface area contributed by atoms with Crippen LogP contribution in [-0.2, 0) is 33.4 Å². The molecule has 1 aliphatic carbocycles. The molecule has 0 radical (unpaired) electrons. The molecule has 2 aromatic rings. The van der Waals surface area contributed by atoms with Crippen molar-refractivity contribution in [3.63, 3.8) is 0 Å². The van der Waals surface area contributed by atoms with Crippen LogP contribution in [0.5, 0.6) is 0 Å². The van der Waals surface area contributed by atoms with Crippen LogP contribution in [0.15, 0.2) is 36.4 Å². The first kappa shape index (κ1) is 24.5. The van der Waals surface area contributed by atoms with Gasteiger partial charge in [0.25, 0.3) is 0 Å². The van der Waals surface area contributed by atoms with Gasteiger partial charge in [0.15, 0.2) is 0 Å². The molecular formula is C25H30Cl2N2O3S. The lowest BCUT2D eigenvalue weighted by molar-refractivity contribution is -0.126. The van der Waals surface area contributed by atoms with Crippen molar-refractivity contribution in [3.8, 4) is 0 Å². The Morgan fingerprint density at radius 2 is 1.85 bits per heavy atom. The molecule has 178 valence electrons. The highest BCUT2D eigenvalue weighted by molar-refractivity contribution is 7.88. The highest BCUT2D eigenvalue weighted by atomic mass is 35.5. The van der Waals surface area contributed by atoms with Crippen molar-refractivity contribution in [2.24, 2.45) is 5.92 Å². The quantitative estimate of drug-likeness (QED) is 0.576. The molecule has 33 heavy (non-hydrogen) atoms.